The van der Waals surface area contributed by atoms with Crippen LogP contribution in [0.25, 0.3) is 11.1 Å². The van der Waals surface area contributed by atoms with Crippen LogP contribution in [-0.4, -0.2) is 16.5 Å². The number of aryl methyl sites for hydroxylation is 2. The van der Waals surface area contributed by atoms with Crippen LogP contribution in [0, 0.1) is 13.8 Å². The van der Waals surface area contributed by atoms with E-state index in [1.165, 1.54) is 16.7 Å². The highest BCUT2D eigenvalue weighted by Crippen LogP contribution is 2.50. The van der Waals surface area contributed by atoms with Crippen LogP contribution in [0.4, 0.5) is 5.69 Å². The third-order valence-electron chi connectivity index (χ3n) is 6.36. The number of carbonyl (C=O) groups excluding carboxylic acids is 1. The number of nitrogens with one attached hydrogen (secondary N) is 1. The summed E-state index contributed by atoms with van der Waals surface area (Å²) in [6, 6.07) is 2.22. The number of Topliss-reactive ketones (excluding diaryl/α,β-unsaturated/α-hetero) is 1. The molecule has 4 nitrogen and oxygen atoms in total. The molecule has 0 fully saturated rings. The molecule has 1 aromatic heterocycles. The third-order valence-corrected chi connectivity index (χ3v) is 6.36. The van der Waals surface area contributed by atoms with E-state index < -0.39 is 11.0 Å². The van der Waals surface area contributed by atoms with Gasteiger partial charge in [0.15, 0.2) is 5.78 Å². The molecule has 1 aliphatic heterocycles. The first-order chi connectivity index (χ1) is 12.7. The first-order valence-electron chi connectivity index (χ1n) is 9.77. The lowest BCUT2D eigenvalue weighted by molar-refractivity contribution is -0.128. The van der Waals surface area contributed by atoms with E-state index in [0.29, 0.717) is 6.42 Å². The number of rotatable bonds is 3. The highest BCUT2D eigenvalue weighted by molar-refractivity contribution is 6.04. The van der Waals surface area contributed by atoms with Gasteiger partial charge in [0.25, 0.3) is 0 Å². The number of hydrogen-bond donors (Lipinski definition) is 1. The minimum absolute atomic E-state index is 0.213. The first-order valence-corrected chi connectivity index (χ1v) is 9.77. The normalized spacial score (nSPS) is 22.9. The molecule has 1 aliphatic carbocycles. The first kappa shape index (κ1) is 18.0. The van der Waals surface area contributed by atoms with Crippen LogP contribution in [-0.2, 0) is 23.1 Å². The van der Waals surface area contributed by atoms with E-state index in [0.717, 1.165) is 47.5 Å². The second-order valence-corrected chi connectivity index (χ2v) is 8.76. The molecule has 1 N–H and O–H groups in total. The number of benzene rings is 1. The summed E-state index contributed by atoms with van der Waals surface area (Å²) in [5.74, 6) is 1.05. The molecular weight excluding hydrogens is 336 g/mol. The van der Waals surface area contributed by atoms with Crippen molar-refractivity contribution in [2.75, 3.05) is 5.32 Å². The van der Waals surface area contributed by atoms with Crippen LogP contribution in [0.2, 0.25) is 0 Å². The maximum atomic E-state index is 13.4. The second kappa shape index (κ2) is 5.82. The van der Waals surface area contributed by atoms with Crippen molar-refractivity contribution in [2.45, 2.75) is 71.3 Å². The van der Waals surface area contributed by atoms with Gasteiger partial charge in [-0.05, 0) is 88.6 Å². The third kappa shape index (κ3) is 2.42. The number of anilines is 1. The van der Waals surface area contributed by atoms with Crippen molar-refractivity contribution in [3.05, 3.63) is 46.9 Å². The van der Waals surface area contributed by atoms with Gasteiger partial charge in [0.1, 0.15) is 5.76 Å². The summed E-state index contributed by atoms with van der Waals surface area (Å²) in [4.78, 5) is 13.4. The van der Waals surface area contributed by atoms with Crippen LogP contribution in [0.15, 0.2) is 23.2 Å². The molecule has 4 rings (SSSR count). The molecule has 142 valence electrons. The van der Waals surface area contributed by atoms with E-state index in [2.05, 4.69) is 30.0 Å². The molecule has 2 heterocycles. The maximum absolute atomic E-state index is 13.4. The van der Waals surface area contributed by atoms with E-state index in [1.54, 1.807) is 0 Å². The Morgan fingerprint density at radius 1 is 1.26 bits per heavy atom. The van der Waals surface area contributed by atoms with Gasteiger partial charge in [-0.1, -0.05) is 11.2 Å². The zero-order chi connectivity index (χ0) is 19.6. The van der Waals surface area contributed by atoms with Crippen LogP contribution >= 0.6 is 0 Å². The molecule has 1 atom stereocenters. The molecule has 0 bridgehead atoms. The minimum atomic E-state index is -0.592. The number of aromatic nitrogens is 1. The van der Waals surface area contributed by atoms with Crippen molar-refractivity contribution >= 4 is 11.5 Å². The quantitative estimate of drug-likeness (QED) is 0.774. The molecule has 1 aromatic carbocycles. The van der Waals surface area contributed by atoms with Gasteiger partial charge in [0.05, 0.1) is 16.6 Å². The summed E-state index contributed by atoms with van der Waals surface area (Å²) in [6.07, 6.45) is 5.72. The largest absolute Gasteiger partial charge is 0.373 e. The summed E-state index contributed by atoms with van der Waals surface area (Å²) in [7, 11) is 0. The Morgan fingerprint density at radius 3 is 2.59 bits per heavy atom. The summed E-state index contributed by atoms with van der Waals surface area (Å²) < 4.78 is 5.46. The van der Waals surface area contributed by atoms with E-state index in [4.69, 9.17) is 4.52 Å². The SMILES string of the molecule is C=CCC1(C)C(=O)C(C)(C)Nc2c1cc(-c1c(C)noc1C)c1c2CCC1. The molecule has 4 heteroatoms. The molecule has 0 radical (unpaired) electrons. The van der Waals surface area contributed by atoms with Gasteiger partial charge in [0, 0.05) is 11.3 Å². The van der Waals surface area contributed by atoms with Gasteiger partial charge in [-0.3, -0.25) is 4.79 Å². The summed E-state index contributed by atoms with van der Waals surface area (Å²) in [6.45, 7) is 13.9. The van der Waals surface area contributed by atoms with E-state index in [9.17, 15) is 4.79 Å². The van der Waals surface area contributed by atoms with Crippen molar-refractivity contribution in [3.8, 4) is 11.1 Å². The fraction of sp³-hybridized carbons (Fsp3) is 0.478. The van der Waals surface area contributed by atoms with Crippen molar-refractivity contribution < 1.29 is 9.32 Å². The van der Waals surface area contributed by atoms with Crippen molar-refractivity contribution in [2.24, 2.45) is 0 Å². The Labute approximate surface area is 161 Å². The Kier molecular flexibility index (Phi) is 3.88. The van der Waals surface area contributed by atoms with Crippen molar-refractivity contribution in [3.63, 3.8) is 0 Å². The standard InChI is InChI=1S/C23H28N2O2/c1-7-11-23(6)18-12-17(19-13(2)25-27-14(19)3)15-9-8-10-16(15)20(18)24-22(4,5)21(23)26/h7,12,24H,1,8-11H2,2-6H3. The van der Waals surface area contributed by atoms with E-state index in [1.807, 2.05) is 33.8 Å². The van der Waals surface area contributed by atoms with E-state index in [-0.39, 0.29) is 5.78 Å². The summed E-state index contributed by atoms with van der Waals surface area (Å²) >= 11 is 0. The molecular formula is C23H28N2O2. The number of fused-ring (bicyclic) bond motifs is 3. The zero-order valence-corrected chi connectivity index (χ0v) is 17.0. The maximum Gasteiger partial charge on any atom is 0.168 e. The van der Waals surface area contributed by atoms with Gasteiger partial charge < -0.3 is 9.84 Å². The Balaban J connectivity index is 2.06. The zero-order valence-electron chi connectivity index (χ0n) is 17.0. The summed E-state index contributed by atoms with van der Waals surface area (Å²) in [5, 5.41) is 7.75. The van der Waals surface area contributed by atoms with Crippen LogP contribution in [0.3, 0.4) is 0 Å². The van der Waals surface area contributed by atoms with Gasteiger partial charge in [0.2, 0.25) is 0 Å². The highest BCUT2D eigenvalue weighted by atomic mass is 16.5. The minimum Gasteiger partial charge on any atom is -0.373 e. The molecule has 0 amide bonds. The monoisotopic (exact) mass is 364 g/mol. The van der Waals surface area contributed by atoms with Crippen LogP contribution in [0.1, 0.15) is 61.8 Å². The van der Waals surface area contributed by atoms with Gasteiger partial charge in [-0.15, -0.1) is 6.58 Å². The Bertz CT molecular complexity index is 948. The topological polar surface area (TPSA) is 55.1 Å². The highest BCUT2D eigenvalue weighted by Gasteiger charge is 2.49. The smallest absolute Gasteiger partial charge is 0.168 e. The number of hydrogen-bond acceptors (Lipinski definition) is 4. The Morgan fingerprint density at radius 2 is 1.96 bits per heavy atom. The van der Waals surface area contributed by atoms with Crippen molar-refractivity contribution in [1.29, 1.82) is 0 Å². The van der Waals surface area contributed by atoms with Crippen molar-refractivity contribution in [1.82, 2.24) is 5.16 Å². The number of nitrogens with zero attached hydrogens (tertiary/aromatic N) is 1. The lowest BCUT2D eigenvalue weighted by atomic mass is 9.65. The second-order valence-electron chi connectivity index (χ2n) is 8.76. The molecule has 1 unspecified atom stereocenters. The fourth-order valence-corrected chi connectivity index (χ4v) is 5.12. The van der Waals surface area contributed by atoms with Gasteiger partial charge in [-0.25, -0.2) is 0 Å². The molecule has 0 saturated carbocycles. The average molecular weight is 364 g/mol. The van der Waals surface area contributed by atoms with Crippen LogP contribution < -0.4 is 5.32 Å². The fourth-order valence-electron chi connectivity index (χ4n) is 5.12. The molecule has 2 aliphatic rings. The van der Waals surface area contributed by atoms with Crippen LogP contribution in [0.5, 0.6) is 0 Å². The predicted molar refractivity (Wildman–Crippen MR) is 108 cm³/mol. The predicted octanol–water partition coefficient (Wildman–Crippen LogP) is 5.05. The summed E-state index contributed by atoms with van der Waals surface area (Å²) in [5.41, 5.74) is 6.97. The van der Waals surface area contributed by atoms with E-state index >= 15 is 0 Å². The molecule has 0 spiro atoms. The lowest BCUT2D eigenvalue weighted by Gasteiger charge is -2.44. The Hall–Kier alpha value is -2.36. The molecule has 27 heavy (non-hydrogen) atoms. The number of allylic oxidation sites excluding steroid dienone is 1. The molecule has 2 aromatic rings. The van der Waals surface area contributed by atoms with Gasteiger partial charge >= 0.3 is 0 Å². The molecule has 0 saturated heterocycles. The number of carbonyl (C=O) groups is 1. The van der Waals surface area contributed by atoms with Gasteiger partial charge in [-0.2, -0.15) is 0 Å². The average Bonchev–Trinajstić information content (AvgIpc) is 3.21. The lowest BCUT2D eigenvalue weighted by Crippen LogP contribution is -2.55. The number of ketones is 1.